The number of hydrogen-bond acceptors (Lipinski definition) is 5. The third-order valence-corrected chi connectivity index (χ3v) is 1.42. The standard InChI is InChI=1S/C11H14O5/c1-4-5-15-11(14)8(2)7-16-10(13)6-9(3)12/h4H,1-2,5-7H2,3H3. The van der Waals surface area contributed by atoms with Crippen LogP contribution in [0.15, 0.2) is 24.8 Å². The lowest BCUT2D eigenvalue weighted by Gasteiger charge is -2.06. The van der Waals surface area contributed by atoms with Crippen molar-refractivity contribution in [2.75, 3.05) is 13.2 Å². The Kier molecular flexibility index (Phi) is 6.51. The molecule has 0 saturated carbocycles. The van der Waals surface area contributed by atoms with E-state index in [0.717, 1.165) is 0 Å². The highest BCUT2D eigenvalue weighted by Crippen LogP contribution is 1.98. The van der Waals surface area contributed by atoms with Gasteiger partial charge in [-0.2, -0.15) is 0 Å². The maximum atomic E-state index is 11.1. The lowest BCUT2D eigenvalue weighted by atomic mass is 10.3. The Hall–Kier alpha value is -1.91. The second kappa shape index (κ2) is 7.39. The molecule has 0 atom stereocenters. The molecular weight excluding hydrogens is 212 g/mol. The van der Waals surface area contributed by atoms with Crippen LogP contribution < -0.4 is 0 Å². The van der Waals surface area contributed by atoms with E-state index in [0.29, 0.717) is 0 Å². The number of carbonyl (C=O) groups is 3. The summed E-state index contributed by atoms with van der Waals surface area (Å²) in [6, 6.07) is 0. The van der Waals surface area contributed by atoms with Crippen molar-refractivity contribution in [2.45, 2.75) is 13.3 Å². The monoisotopic (exact) mass is 226 g/mol. The molecule has 16 heavy (non-hydrogen) atoms. The maximum absolute atomic E-state index is 11.1. The summed E-state index contributed by atoms with van der Waals surface area (Å²) in [5, 5.41) is 0. The van der Waals surface area contributed by atoms with E-state index in [1.807, 2.05) is 0 Å². The van der Waals surface area contributed by atoms with Gasteiger partial charge in [-0.1, -0.05) is 19.2 Å². The molecule has 0 aromatic heterocycles. The zero-order chi connectivity index (χ0) is 12.6. The van der Waals surface area contributed by atoms with E-state index >= 15 is 0 Å². The molecule has 0 fully saturated rings. The minimum atomic E-state index is -0.690. The first kappa shape index (κ1) is 14.1. The smallest absolute Gasteiger partial charge is 0.337 e. The average molecular weight is 226 g/mol. The van der Waals surface area contributed by atoms with E-state index < -0.39 is 11.9 Å². The Labute approximate surface area is 93.7 Å². The van der Waals surface area contributed by atoms with Crippen LogP contribution in [0.3, 0.4) is 0 Å². The van der Waals surface area contributed by atoms with E-state index in [9.17, 15) is 14.4 Å². The molecule has 5 nitrogen and oxygen atoms in total. The van der Waals surface area contributed by atoms with Crippen molar-refractivity contribution in [1.29, 1.82) is 0 Å². The Bertz CT molecular complexity index is 316. The molecule has 0 aliphatic rings. The van der Waals surface area contributed by atoms with Gasteiger partial charge in [-0.25, -0.2) is 4.79 Å². The van der Waals surface area contributed by atoms with Gasteiger partial charge in [0.1, 0.15) is 25.4 Å². The molecule has 0 rings (SSSR count). The number of ether oxygens (including phenoxy) is 2. The van der Waals surface area contributed by atoms with Gasteiger partial charge < -0.3 is 9.47 Å². The second-order valence-electron chi connectivity index (χ2n) is 3.03. The molecule has 0 bridgehead atoms. The van der Waals surface area contributed by atoms with E-state index in [2.05, 4.69) is 22.6 Å². The Morgan fingerprint density at radius 3 is 2.38 bits per heavy atom. The molecule has 0 aliphatic heterocycles. The second-order valence-corrected chi connectivity index (χ2v) is 3.03. The van der Waals surface area contributed by atoms with Gasteiger partial charge >= 0.3 is 11.9 Å². The Morgan fingerprint density at radius 2 is 1.88 bits per heavy atom. The van der Waals surface area contributed by atoms with Crippen molar-refractivity contribution < 1.29 is 23.9 Å². The molecular formula is C11H14O5. The molecule has 0 amide bonds. The summed E-state index contributed by atoms with van der Waals surface area (Å²) in [6.45, 7) is 7.82. The fraction of sp³-hybridized carbons (Fsp3) is 0.364. The number of hydrogen-bond donors (Lipinski definition) is 0. The van der Waals surface area contributed by atoms with Crippen LogP contribution in [-0.4, -0.2) is 30.9 Å². The first-order valence-electron chi connectivity index (χ1n) is 4.58. The van der Waals surface area contributed by atoms with Crippen LogP contribution in [0.1, 0.15) is 13.3 Å². The predicted octanol–water partition coefficient (Wildman–Crippen LogP) is 0.794. The average Bonchev–Trinajstić information content (AvgIpc) is 2.21. The minimum Gasteiger partial charge on any atom is -0.460 e. The third kappa shape index (κ3) is 6.53. The fourth-order valence-electron chi connectivity index (χ4n) is 0.718. The van der Waals surface area contributed by atoms with Crippen molar-refractivity contribution in [1.82, 2.24) is 0 Å². The van der Waals surface area contributed by atoms with Crippen molar-refractivity contribution in [3.63, 3.8) is 0 Å². The molecule has 0 unspecified atom stereocenters. The largest absolute Gasteiger partial charge is 0.460 e. The fourth-order valence-corrected chi connectivity index (χ4v) is 0.718. The first-order valence-corrected chi connectivity index (χ1v) is 4.58. The SMILES string of the molecule is C=CCOC(=O)C(=C)COC(=O)CC(C)=O. The van der Waals surface area contributed by atoms with Crippen molar-refractivity contribution >= 4 is 17.7 Å². The van der Waals surface area contributed by atoms with Crippen molar-refractivity contribution in [3.8, 4) is 0 Å². The van der Waals surface area contributed by atoms with Gasteiger partial charge in [-0.05, 0) is 6.92 Å². The highest BCUT2D eigenvalue weighted by Gasteiger charge is 2.12. The van der Waals surface area contributed by atoms with E-state index in [1.165, 1.54) is 13.0 Å². The number of esters is 2. The van der Waals surface area contributed by atoms with Crippen molar-refractivity contribution in [2.24, 2.45) is 0 Å². The molecule has 0 aliphatic carbocycles. The summed E-state index contributed by atoms with van der Waals surface area (Å²) in [6.07, 6.45) is 1.10. The quantitative estimate of drug-likeness (QED) is 0.278. The van der Waals surface area contributed by atoms with E-state index in [4.69, 9.17) is 0 Å². The molecule has 88 valence electrons. The Morgan fingerprint density at radius 1 is 1.25 bits per heavy atom. The highest BCUT2D eigenvalue weighted by molar-refractivity contribution is 5.94. The number of carbonyl (C=O) groups excluding carboxylic acids is 3. The summed E-state index contributed by atoms with van der Waals surface area (Å²) in [4.78, 5) is 32.6. The molecule has 0 N–H and O–H groups in total. The number of rotatable bonds is 7. The summed E-state index contributed by atoms with van der Waals surface area (Å²) in [5.41, 5.74) is 0.0127. The highest BCUT2D eigenvalue weighted by atomic mass is 16.5. The van der Waals surface area contributed by atoms with Gasteiger partial charge in [0.05, 0.1) is 5.57 Å². The van der Waals surface area contributed by atoms with Crippen molar-refractivity contribution in [3.05, 3.63) is 24.8 Å². The van der Waals surface area contributed by atoms with Crippen LogP contribution in [0.2, 0.25) is 0 Å². The van der Waals surface area contributed by atoms with Gasteiger partial charge in [-0.15, -0.1) is 0 Å². The Balaban J connectivity index is 3.88. The molecule has 0 spiro atoms. The zero-order valence-electron chi connectivity index (χ0n) is 9.15. The van der Waals surface area contributed by atoms with E-state index in [-0.39, 0.29) is 31.0 Å². The van der Waals surface area contributed by atoms with Crippen LogP contribution in [0.4, 0.5) is 0 Å². The lowest BCUT2D eigenvalue weighted by molar-refractivity contribution is -0.145. The minimum absolute atomic E-state index is 0.0127. The van der Waals surface area contributed by atoms with E-state index in [1.54, 1.807) is 0 Å². The summed E-state index contributed by atoms with van der Waals surface area (Å²) >= 11 is 0. The van der Waals surface area contributed by atoms with Gasteiger partial charge in [0.2, 0.25) is 0 Å². The number of ketones is 1. The molecule has 0 aromatic carbocycles. The number of Topliss-reactive ketones (excluding diaryl/α,β-unsaturated/α-hetero) is 1. The molecule has 0 heterocycles. The van der Waals surface area contributed by atoms with Crippen LogP contribution in [0.5, 0.6) is 0 Å². The van der Waals surface area contributed by atoms with Crippen LogP contribution in [-0.2, 0) is 23.9 Å². The molecule has 5 heteroatoms. The summed E-state index contributed by atoms with van der Waals surface area (Å²) in [7, 11) is 0. The lowest BCUT2D eigenvalue weighted by Crippen LogP contribution is -2.16. The maximum Gasteiger partial charge on any atom is 0.337 e. The molecule has 0 radical (unpaired) electrons. The molecule has 0 aromatic rings. The summed E-state index contributed by atoms with van der Waals surface area (Å²) in [5.74, 6) is -1.65. The topological polar surface area (TPSA) is 69.7 Å². The van der Waals surface area contributed by atoms with Gasteiger partial charge in [0.25, 0.3) is 0 Å². The van der Waals surface area contributed by atoms with Crippen LogP contribution in [0.25, 0.3) is 0 Å². The van der Waals surface area contributed by atoms with Crippen LogP contribution >= 0.6 is 0 Å². The van der Waals surface area contributed by atoms with Gasteiger partial charge in [-0.3, -0.25) is 9.59 Å². The predicted molar refractivity (Wildman–Crippen MR) is 56.6 cm³/mol. The summed E-state index contributed by atoms with van der Waals surface area (Å²) < 4.78 is 9.28. The van der Waals surface area contributed by atoms with Gasteiger partial charge in [0, 0.05) is 0 Å². The van der Waals surface area contributed by atoms with Crippen LogP contribution in [0, 0.1) is 0 Å². The third-order valence-electron chi connectivity index (χ3n) is 1.42. The normalized spacial score (nSPS) is 9.06. The molecule has 0 saturated heterocycles. The zero-order valence-corrected chi connectivity index (χ0v) is 9.15. The van der Waals surface area contributed by atoms with Gasteiger partial charge in [0.15, 0.2) is 0 Å². The first-order chi connectivity index (χ1) is 7.47.